The van der Waals surface area contributed by atoms with E-state index < -0.39 is 14.6 Å². The fourth-order valence-electron chi connectivity index (χ4n) is 4.80. The molecule has 0 radical (unpaired) electrons. The minimum Gasteiger partial charge on any atom is -0.303 e. The lowest BCUT2D eigenvalue weighted by Gasteiger charge is -2.42. The van der Waals surface area contributed by atoms with Gasteiger partial charge in [0.1, 0.15) is 0 Å². The highest BCUT2D eigenvalue weighted by molar-refractivity contribution is 7.93. The Morgan fingerprint density at radius 1 is 1.04 bits per heavy atom. The molecule has 0 bridgehead atoms. The molecule has 4 heteroatoms. The molecule has 2 aromatic rings. The highest BCUT2D eigenvalue weighted by Gasteiger charge is 2.49. The number of sulfone groups is 1. The maximum atomic E-state index is 13.7. The topological polar surface area (TPSA) is 37.4 Å². The number of piperidine rings is 1. The third kappa shape index (κ3) is 3.54. The SMILES string of the molecule is CC1CCN(CCCC2(S(=O)(=O)c3cccc4ccccc34)CCC2)CC1. The molecule has 0 atom stereocenters. The van der Waals surface area contributed by atoms with E-state index in [0.29, 0.717) is 4.90 Å². The van der Waals surface area contributed by atoms with Gasteiger partial charge >= 0.3 is 0 Å². The van der Waals surface area contributed by atoms with Crippen LogP contribution in [-0.2, 0) is 9.84 Å². The first-order valence-electron chi connectivity index (χ1n) is 10.5. The number of fused-ring (bicyclic) bond motifs is 1. The molecule has 1 aliphatic heterocycles. The number of hydrogen-bond donors (Lipinski definition) is 0. The van der Waals surface area contributed by atoms with Crippen LogP contribution in [0.15, 0.2) is 47.4 Å². The van der Waals surface area contributed by atoms with Crippen molar-refractivity contribution in [3.8, 4) is 0 Å². The number of nitrogens with zero attached hydrogens (tertiary/aromatic N) is 1. The summed E-state index contributed by atoms with van der Waals surface area (Å²) in [6.45, 7) is 5.71. The van der Waals surface area contributed by atoms with Crippen LogP contribution in [0, 0.1) is 5.92 Å². The Morgan fingerprint density at radius 2 is 1.74 bits per heavy atom. The predicted octanol–water partition coefficient (Wildman–Crippen LogP) is 5.05. The lowest BCUT2D eigenvalue weighted by Crippen LogP contribution is -2.46. The van der Waals surface area contributed by atoms with E-state index in [2.05, 4.69) is 11.8 Å². The standard InChI is InChI=1S/C23H31NO2S/c1-19-11-17-24(18-12-19)16-6-15-23(13-5-14-23)27(25,26)22-10-4-8-20-7-2-3-9-21(20)22/h2-4,7-10,19H,5-6,11-18H2,1H3. The van der Waals surface area contributed by atoms with Crippen molar-refractivity contribution in [2.75, 3.05) is 19.6 Å². The second-order valence-electron chi connectivity index (χ2n) is 8.65. The summed E-state index contributed by atoms with van der Waals surface area (Å²) in [4.78, 5) is 3.06. The van der Waals surface area contributed by atoms with Crippen LogP contribution in [0.4, 0.5) is 0 Å². The van der Waals surface area contributed by atoms with Gasteiger partial charge in [0.2, 0.25) is 0 Å². The zero-order chi connectivity index (χ0) is 18.9. The Balaban J connectivity index is 1.52. The Kier molecular flexibility index (Phi) is 5.30. The van der Waals surface area contributed by atoms with Gasteiger partial charge in [0.15, 0.2) is 9.84 Å². The van der Waals surface area contributed by atoms with Gasteiger partial charge in [0.05, 0.1) is 9.64 Å². The van der Waals surface area contributed by atoms with Crippen LogP contribution in [0.3, 0.4) is 0 Å². The summed E-state index contributed by atoms with van der Waals surface area (Å²) in [7, 11) is -3.32. The quantitative estimate of drug-likeness (QED) is 0.698. The van der Waals surface area contributed by atoms with Gasteiger partial charge in [-0.15, -0.1) is 0 Å². The molecule has 3 nitrogen and oxygen atoms in total. The average Bonchev–Trinajstić information content (AvgIpc) is 2.64. The number of hydrogen-bond acceptors (Lipinski definition) is 3. The van der Waals surface area contributed by atoms with E-state index in [4.69, 9.17) is 0 Å². The fourth-order valence-corrected chi connectivity index (χ4v) is 7.24. The molecular formula is C23H31NO2S. The van der Waals surface area contributed by atoms with Crippen molar-refractivity contribution in [2.45, 2.75) is 61.5 Å². The van der Waals surface area contributed by atoms with Crippen LogP contribution in [0.1, 0.15) is 51.9 Å². The maximum Gasteiger partial charge on any atom is 0.184 e. The van der Waals surface area contributed by atoms with E-state index in [9.17, 15) is 8.42 Å². The van der Waals surface area contributed by atoms with Gasteiger partial charge in [-0.2, -0.15) is 0 Å². The molecule has 0 spiro atoms. The third-order valence-electron chi connectivity index (χ3n) is 6.86. The Labute approximate surface area is 163 Å². The smallest absolute Gasteiger partial charge is 0.184 e. The molecule has 1 aliphatic carbocycles. The number of likely N-dealkylation sites (tertiary alicyclic amines) is 1. The van der Waals surface area contributed by atoms with Gasteiger partial charge in [0.25, 0.3) is 0 Å². The summed E-state index contributed by atoms with van der Waals surface area (Å²) in [5, 5.41) is 1.88. The molecule has 2 aromatic carbocycles. The van der Waals surface area contributed by atoms with Crippen molar-refractivity contribution in [1.29, 1.82) is 0 Å². The molecule has 0 aromatic heterocycles. The van der Waals surface area contributed by atoms with Gasteiger partial charge in [-0.25, -0.2) is 8.42 Å². The van der Waals surface area contributed by atoms with Gasteiger partial charge in [-0.05, 0) is 75.5 Å². The molecule has 2 aliphatic rings. The number of rotatable bonds is 6. The summed E-state index contributed by atoms with van der Waals surface area (Å²) in [5.41, 5.74) is 0. The van der Waals surface area contributed by atoms with E-state index in [1.807, 2.05) is 42.5 Å². The Morgan fingerprint density at radius 3 is 2.44 bits per heavy atom. The molecule has 27 heavy (non-hydrogen) atoms. The highest BCUT2D eigenvalue weighted by atomic mass is 32.2. The van der Waals surface area contributed by atoms with E-state index in [1.54, 1.807) is 0 Å². The van der Waals surface area contributed by atoms with Crippen LogP contribution in [0.5, 0.6) is 0 Å². The molecule has 4 rings (SSSR count). The van der Waals surface area contributed by atoms with Gasteiger partial charge in [-0.1, -0.05) is 49.7 Å². The first kappa shape index (κ1) is 18.9. The minimum atomic E-state index is -3.32. The van der Waals surface area contributed by atoms with Crippen molar-refractivity contribution in [3.05, 3.63) is 42.5 Å². The fraction of sp³-hybridized carbons (Fsp3) is 0.565. The molecule has 1 saturated heterocycles. The van der Waals surface area contributed by atoms with Crippen molar-refractivity contribution < 1.29 is 8.42 Å². The largest absolute Gasteiger partial charge is 0.303 e. The van der Waals surface area contributed by atoms with E-state index in [1.165, 1.54) is 25.9 Å². The molecule has 1 heterocycles. The third-order valence-corrected chi connectivity index (χ3v) is 9.54. The summed E-state index contributed by atoms with van der Waals surface area (Å²) in [5.74, 6) is 0.839. The highest BCUT2D eigenvalue weighted by Crippen LogP contribution is 2.47. The normalized spacial score (nSPS) is 21.2. The summed E-state index contributed by atoms with van der Waals surface area (Å²) < 4.78 is 26.8. The van der Waals surface area contributed by atoms with Crippen molar-refractivity contribution in [1.82, 2.24) is 4.90 Å². The lowest BCUT2D eigenvalue weighted by atomic mass is 9.81. The average molecular weight is 386 g/mol. The molecule has 2 fully saturated rings. The molecule has 1 saturated carbocycles. The van der Waals surface area contributed by atoms with Crippen molar-refractivity contribution >= 4 is 20.6 Å². The summed E-state index contributed by atoms with van der Waals surface area (Å²) in [6, 6.07) is 13.5. The molecule has 146 valence electrons. The van der Waals surface area contributed by atoms with E-state index in [-0.39, 0.29) is 0 Å². The second-order valence-corrected chi connectivity index (χ2v) is 11.0. The van der Waals surface area contributed by atoms with E-state index >= 15 is 0 Å². The lowest BCUT2D eigenvalue weighted by molar-refractivity contribution is 0.182. The van der Waals surface area contributed by atoms with Gasteiger partial charge < -0.3 is 4.90 Å². The first-order valence-corrected chi connectivity index (χ1v) is 11.9. The van der Waals surface area contributed by atoms with Crippen molar-refractivity contribution in [2.24, 2.45) is 5.92 Å². The number of benzene rings is 2. The van der Waals surface area contributed by atoms with Crippen LogP contribution >= 0.6 is 0 Å². The Bertz CT molecular complexity index is 888. The second kappa shape index (κ2) is 7.56. The van der Waals surface area contributed by atoms with Crippen molar-refractivity contribution in [3.63, 3.8) is 0 Å². The molecule has 0 amide bonds. The maximum absolute atomic E-state index is 13.7. The van der Waals surface area contributed by atoms with Gasteiger partial charge in [0, 0.05) is 5.39 Å². The van der Waals surface area contributed by atoms with Crippen LogP contribution < -0.4 is 0 Å². The molecule has 0 N–H and O–H groups in total. The Hall–Kier alpha value is -1.39. The molecule has 0 unspecified atom stereocenters. The summed E-state index contributed by atoms with van der Waals surface area (Å²) >= 11 is 0. The summed E-state index contributed by atoms with van der Waals surface area (Å²) in [6.07, 6.45) is 7.00. The van der Waals surface area contributed by atoms with Crippen LogP contribution in [0.25, 0.3) is 10.8 Å². The zero-order valence-corrected chi connectivity index (χ0v) is 17.2. The predicted molar refractivity (Wildman–Crippen MR) is 112 cm³/mol. The molecular weight excluding hydrogens is 354 g/mol. The van der Waals surface area contributed by atoms with Crippen LogP contribution in [-0.4, -0.2) is 37.7 Å². The van der Waals surface area contributed by atoms with Gasteiger partial charge in [-0.3, -0.25) is 0 Å². The first-order chi connectivity index (χ1) is 13.0. The zero-order valence-electron chi connectivity index (χ0n) is 16.4. The van der Waals surface area contributed by atoms with Crippen LogP contribution in [0.2, 0.25) is 0 Å². The minimum absolute atomic E-state index is 0.534. The van der Waals surface area contributed by atoms with E-state index in [0.717, 1.165) is 55.3 Å². The monoisotopic (exact) mass is 385 g/mol.